The third kappa shape index (κ3) is 48.8. The molecule has 0 bridgehead atoms. The number of carbonyl (C=O) groups is 2. The van der Waals surface area contributed by atoms with Gasteiger partial charge in [-0.1, -0.05) is 231 Å². The van der Waals surface area contributed by atoms with Crippen LogP contribution in [0, 0.1) is 0 Å². The van der Waals surface area contributed by atoms with Crippen molar-refractivity contribution in [2.45, 2.75) is 284 Å². The summed E-state index contributed by atoms with van der Waals surface area (Å²) < 4.78 is 17.4. The highest BCUT2D eigenvalue weighted by atomic mass is 16.6. The summed E-state index contributed by atoms with van der Waals surface area (Å²) in [6.07, 6.45) is 61.5. The number of hydrogen-bond acceptors (Lipinski definition) is 5. The fourth-order valence-corrected chi connectivity index (χ4v) is 7.64. The Labute approximate surface area is 374 Å². The van der Waals surface area contributed by atoms with Crippen LogP contribution in [0.25, 0.3) is 0 Å². The SMILES string of the molecule is CCCC/C=C\CCCCCCCCOCC(COC(=O)CCCCCCCCCCCCCCCCCCC)OC(=O)CCCCCCC/C=C\C/C=C\CCCCC. The van der Waals surface area contributed by atoms with Gasteiger partial charge in [0.1, 0.15) is 6.61 Å². The van der Waals surface area contributed by atoms with Crippen molar-refractivity contribution in [1.29, 1.82) is 0 Å². The Morgan fingerprint density at radius 2 is 0.717 bits per heavy atom. The van der Waals surface area contributed by atoms with E-state index in [4.69, 9.17) is 14.2 Å². The predicted octanol–water partition coefficient (Wildman–Crippen LogP) is 17.8. The van der Waals surface area contributed by atoms with E-state index in [-0.39, 0.29) is 25.2 Å². The van der Waals surface area contributed by atoms with Gasteiger partial charge in [0.05, 0.1) is 6.61 Å². The second-order valence-corrected chi connectivity index (χ2v) is 17.8. The van der Waals surface area contributed by atoms with Crippen molar-refractivity contribution in [1.82, 2.24) is 0 Å². The summed E-state index contributed by atoms with van der Waals surface area (Å²) in [5.74, 6) is -0.402. The molecule has 1 unspecified atom stereocenters. The van der Waals surface area contributed by atoms with Gasteiger partial charge in [-0.2, -0.15) is 0 Å². The molecule has 1 atom stereocenters. The first-order chi connectivity index (χ1) is 29.6. The average Bonchev–Trinajstić information content (AvgIpc) is 3.25. The lowest BCUT2D eigenvalue weighted by molar-refractivity contribution is -0.163. The lowest BCUT2D eigenvalue weighted by Gasteiger charge is -2.18. The number of allylic oxidation sites excluding steroid dienone is 6. The van der Waals surface area contributed by atoms with E-state index in [2.05, 4.69) is 57.2 Å². The van der Waals surface area contributed by atoms with E-state index in [1.54, 1.807) is 0 Å². The maximum atomic E-state index is 12.8. The van der Waals surface area contributed by atoms with E-state index in [9.17, 15) is 9.59 Å². The van der Waals surface area contributed by atoms with Crippen LogP contribution in [0.4, 0.5) is 0 Å². The Balaban J connectivity index is 4.23. The molecule has 0 radical (unpaired) electrons. The minimum absolute atomic E-state index is 0.0819. The van der Waals surface area contributed by atoms with E-state index < -0.39 is 6.10 Å². The molecule has 352 valence electrons. The molecule has 0 aliphatic heterocycles. The van der Waals surface area contributed by atoms with Crippen molar-refractivity contribution in [2.24, 2.45) is 0 Å². The van der Waals surface area contributed by atoms with Gasteiger partial charge in [-0.15, -0.1) is 0 Å². The van der Waals surface area contributed by atoms with Crippen LogP contribution in [-0.4, -0.2) is 37.9 Å². The molecule has 0 saturated carbocycles. The average molecular weight is 843 g/mol. The first-order valence-electron chi connectivity index (χ1n) is 26.5. The van der Waals surface area contributed by atoms with E-state index in [0.717, 1.165) is 57.8 Å². The van der Waals surface area contributed by atoms with Crippen molar-refractivity contribution in [3.05, 3.63) is 36.5 Å². The van der Waals surface area contributed by atoms with Crippen LogP contribution in [-0.2, 0) is 23.8 Å². The lowest BCUT2D eigenvalue weighted by atomic mass is 10.0. The zero-order valence-corrected chi connectivity index (χ0v) is 40.5. The first kappa shape index (κ1) is 58.1. The largest absolute Gasteiger partial charge is 0.462 e. The molecule has 0 heterocycles. The van der Waals surface area contributed by atoms with E-state index >= 15 is 0 Å². The quantitative estimate of drug-likeness (QED) is 0.0347. The van der Waals surface area contributed by atoms with E-state index in [1.807, 2.05) is 0 Å². The molecule has 0 aromatic heterocycles. The molecule has 60 heavy (non-hydrogen) atoms. The van der Waals surface area contributed by atoms with Crippen LogP contribution in [0.1, 0.15) is 278 Å². The Morgan fingerprint density at radius 3 is 1.20 bits per heavy atom. The van der Waals surface area contributed by atoms with Crippen LogP contribution in [0.15, 0.2) is 36.5 Å². The van der Waals surface area contributed by atoms with Gasteiger partial charge in [0.15, 0.2) is 6.10 Å². The van der Waals surface area contributed by atoms with E-state index in [0.29, 0.717) is 19.4 Å². The highest BCUT2D eigenvalue weighted by Gasteiger charge is 2.17. The number of unbranched alkanes of at least 4 members (excludes halogenated alkanes) is 32. The molecule has 0 spiro atoms. The summed E-state index contributed by atoms with van der Waals surface area (Å²) in [5.41, 5.74) is 0. The molecule has 0 amide bonds. The van der Waals surface area contributed by atoms with Crippen LogP contribution in [0.3, 0.4) is 0 Å². The van der Waals surface area contributed by atoms with Gasteiger partial charge in [-0.25, -0.2) is 0 Å². The second-order valence-electron chi connectivity index (χ2n) is 17.8. The van der Waals surface area contributed by atoms with Gasteiger partial charge >= 0.3 is 11.9 Å². The topological polar surface area (TPSA) is 61.8 Å². The number of ether oxygens (including phenoxy) is 3. The van der Waals surface area contributed by atoms with Crippen molar-refractivity contribution in [2.75, 3.05) is 19.8 Å². The zero-order chi connectivity index (χ0) is 43.5. The molecule has 0 aliphatic carbocycles. The third-order valence-corrected chi connectivity index (χ3v) is 11.6. The summed E-state index contributed by atoms with van der Waals surface area (Å²) in [6, 6.07) is 0. The Morgan fingerprint density at radius 1 is 0.367 bits per heavy atom. The maximum absolute atomic E-state index is 12.8. The Hall–Kier alpha value is -1.88. The Kier molecular flexibility index (Phi) is 49.9. The number of esters is 2. The summed E-state index contributed by atoms with van der Waals surface area (Å²) in [7, 11) is 0. The summed E-state index contributed by atoms with van der Waals surface area (Å²) in [6.45, 7) is 7.79. The molecular weight excluding hydrogens is 741 g/mol. The van der Waals surface area contributed by atoms with Crippen molar-refractivity contribution >= 4 is 11.9 Å². The highest BCUT2D eigenvalue weighted by molar-refractivity contribution is 5.70. The molecule has 5 heteroatoms. The number of carbonyl (C=O) groups excluding carboxylic acids is 2. The van der Waals surface area contributed by atoms with Crippen molar-refractivity contribution in [3.63, 3.8) is 0 Å². The Bertz CT molecular complexity index is 955. The summed E-state index contributed by atoms with van der Waals surface area (Å²) in [4.78, 5) is 25.4. The van der Waals surface area contributed by atoms with Gasteiger partial charge in [0.2, 0.25) is 0 Å². The molecule has 0 aliphatic rings. The first-order valence-corrected chi connectivity index (χ1v) is 26.5. The van der Waals surface area contributed by atoms with Crippen LogP contribution >= 0.6 is 0 Å². The van der Waals surface area contributed by atoms with Crippen molar-refractivity contribution < 1.29 is 23.8 Å². The second kappa shape index (κ2) is 51.5. The van der Waals surface area contributed by atoms with Gasteiger partial charge in [-0.05, 0) is 70.6 Å². The lowest BCUT2D eigenvalue weighted by Crippen LogP contribution is -2.30. The molecule has 0 rings (SSSR count). The molecule has 0 saturated heterocycles. The fraction of sp³-hybridized carbons (Fsp3) is 0.855. The van der Waals surface area contributed by atoms with Crippen LogP contribution in [0.2, 0.25) is 0 Å². The van der Waals surface area contributed by atoms with Gasteiger partial charge in [-0.3, -0.25) is 9.59 Å². The van der Waals surface area contributed by atoms with Crippen LogP contribution in [0.5, 0.6) is 0 Å². The van der Waals surface area contributed by atoms with Gasteiger partial charge < -0.3 is 14.2 Å². The minimum atomic E-state index is -0.541. The van der Waals surface area contributed by atoms with Gasteiger partial charge in [0.25, 0.3) is 0 Å². The molecular formula is C55H102O5. The third-order valence-electron chi connectivity index (χ3n) is 11.6. The molecule has 0 fully saturated rings. The molecule has 0 aromatic carbocycles. The minimum Gasteiger partial charge on any atom is -0.462 e. The predicted molar refractivity (Wildman–Crippen MR) is 261 cm³/mol. The normalized spacial score (nSPS) is 12.4. The zero-order valence-electron chi connectivity index (χ0n) is 40.5. The number of rotatable bonds is 49. The van der Waals surface area contributed by atoms with Gasteiger partial charge in [0, 0.05) is 19.4 Å². The number of hydrogen-bond donors (Lipinski definition) is 0. The smallest absolute Gasteiger partial charge is 0.306 e. The highest BCUT2D eigenvalue weighted by Crippen LogP contribution is 2.16. The maximum Gasteiger partial charge on any atom is 0.306 e. The van der Waals surface area contributed by atoms with E-state index in [1.165, 1.54) is 186 Å². The molecule has 0 N–H and O–H groups in total. The van der Waals surface area contributed by atoms with Crippen molar-refractivity contribution in [3.8, 4) is 0 Å². The summed E-state index contributed by atoms with van der Waals surface area (Å²) >= 11 is 0. The fourth-order valence-electron chi connectivity index (χ4n) is 7.64. The standard InChI is InChI=1S/C55H102O5/c1-4-7-10-13-16-19-22-25-27-28-30-31-33-36-39-42-45-48-54(56)59-52-53(51-58-50-47-44-41-38-35-24-21-18-15-12-9-6-3)60-55(57)49-46-43-40-37-34-32-29-26-23-20-17-14-11-8-5-2/h15,17-18,20,26,29,53H,4-14,16,19,21-25,27-28,30-52H2,1-3H3/b18-15-,20-17-,29-26-. The molecule has 0 aromatic rings. The monoisotopic (exact) mass is 843 g/mol. The molecule has 5 nitrogen and oxygen atoms in total. The van der Waals surface area contributed by atoms with Crippen LogP contribution < -0.4 is 0 Å². The summed E-state index contributed by atoms with van der Waals surface area (Å²) in [5, 5.41) is 0.